The highest BCUT2D eigenvalue weighted by atomic mass is 16.6. The number of esters is 1. The van der Waals surface area contributed by atoms with Gasteiger partial charge >= 0.3 is 5.97 Å². The Morgan fingerprint density at radius 1 is 1.10 bits per heavy atom. The van der Waals surface area contributed by atoms with Crippen LogP contribution in [0.3, 0.4) is 0 Å². The molecular formula is C21H20N2O6. The van der Waals surface area contributed by atoms with Crippen molar-refractivity contribution >= 4 is 23.3 Å². The Balaban J connectivity index is 1.88. The Bertz CT molecular complexity index is 947. The fourth-order valence-electron chi connectivity index (χ4n) is 2.30. The molecule has 0 saturated heterocycles. The number of benzene rings is 2. The molecule has 0 bridgehead atoms. The Kier molecular flexibility index (Phi) is 7.32. The van der Waals surface area contributed by atoms with E-state index in [1.807, 2.05) is 6.07 Å². The number of carbonyl (C=O) groups is 3. The maximum absolute atomic E-state index is 12.1. The van der Waals surface area contributed by atoms with E-state index in [-0.39, 0.29) is 11.5 Å². The number of ketones is 1. The van der Waals surface area contributed by atoms with Crippen molar-refractivity contribution in [1.29, 1.82) is 5.26 Å². The lowest BCUT2D eigenvalue weighted by molar-refractivity contribution is -0.155. The smallest absolute Gasteiger partial charge is 0.344 e. The molecule has 2 aromatic rings. The summed E-state index contributed by atoms with van der Waals surface area (Å²) in [5.74, 6) is -0.825. The Hall–Kier alpha value is -3.86. The topological polar surface area (TPSA) is 115 Å². The molecule has 0 aliphatic heterocycles. The average Bonchev–Trinajstić information content (AvgIpc) is 2.72. The summed E-state index contributed by atoms with van der Waals surface area (Å²) in [6, 6.07) is 12.8. The van der Waals surface area contributed by atoms with Crippen LogP contribution in [0.15, 0.2) is 42.5 Å². The monoisotopic (exact) mass is 396 g/mol. The second kappa shape index (κ2) is 9.90. The van der Waals surface area contributed by atoms with E-state index >= 15 is 0 Å². The molecule has 0 spiro atoms. The van der Waals surface area contributed by atoms with Gasteiger partial charge in [-0.05, 0) is 56.3 Å². The number of anilines is 1. The SMILES string of the molecule is COc1cc(C(C)=O)ccc1OCC(=O)O[C@@H](C)C(=O)Nc1ccc(C#N)cc1. The first-order valence-corrected chi connectivity index (χ1v) is 8.66. The Labute approximate surface area is 168 Å². The van der Waals surface area contributed by atoms with Crippen LogP contribution in [0.2, 0.25) is 0 Å². The minimum Gasteiger partial charge on any atom is -0.493 e. The largest absolute Gasteiger partial charge is 0.493 e. The van der Waals surface area contributed by atoms with Crippen LogP contribution in [-0.2, 0) is 14.3 Å². The molecule has 2 aromatic carbocycles. The summed E-state index contributed by atoms with van der Waals surface area (Å²) in [7, 11) is 1.42. The lowest BCUT2D eigenvalue weighted by atomic mass is 10.1. The van der Waals surface area contributed by atoms with Gasteiger partial charge in [-0.25, -0.2) is 4.79 Å². The summed E-state index contributed by atoms with van der Waals surface area (Å²) in [4.78, 5) is 35.5. The van der Waals surface area contributed by atoms with Gasteiger partial charge in [-0.2, -0.15) is 5.26 Å². The van der Waals surface area contributed by atoms with E-state index in [2.05, 4.69) is 5.32 Å². The van der Waals surface area contributed by atoms with Crippen LogP contribution >= 0.6 is 0 Å². The molecule has 1 N–H and O–H groups in total. The van der Waals surface area contributed by atoms with Crippen LogP contribution in [-0.4, -0.2) is 37.5 Å². The lowest BCUT2D eigenvalue weighted by Gasteiger charge is -2.15. The number of nitrogens with zero attached hydrogens (tertiary/aromatic N) is 1. The van der Waals surface area contributed by atoms with Crippen LogP contribution in [0.25, 0.3) is 0 Å². The maximum Gasteiger partial charge on any atom is 0.344 e. The van der Waals surface area contributed by atoms with Gasteiger partial charge in [0, 0.05) is 11.3 Å². The highest BCUT2D eigenvalue weighted by molar-refractivity contribution is 5.95. The van der Waals surface area contributed by atoms with Crippen LogP contribution < -0.4 is 14.8 Å². The Morgan fingerprint density at radius 2 is 1.79 bits per heavy atom. The molecule has 0 radical (unpaired) electrons. The number of carbonyl (C=O) groups excluding carboxylic acids is 3. The predicted molar refractivity (Wildman–Crippen MR) is 104 cm³/mol. The molecule has 0 heterocycles. The predicted octanol–water partition coefficient (Wildman–Crippen LogP) is 2.72. The van der Waals surface area contributed by atoms with Gasteiger partial charge in [0.05, 0.1) is 18.7 Å². The first kappa shape index (κ1) is 21.4. The minimum atomic E-state index is -1.05. The van der Waals surface area contributed by atoms with Gasteiger partial charge in [0.2, 0.25) is 0 Å². The molecule has 8 nitrogen and oxygen atoms in total. The van der Waals surface area contributed by atoms with E-state index in [9.17, 15) is 14.4 Å². The van der Waals surface area contributed by atoms with Crippen LogP contribution in [0.5, 0.6) is 11.5 Å². The fourth-order valence-corrected chi connectivity index (χ4v) is 2.30. The van der Waals surface area contributed by atoms with Gasteiger partial charge in [-0.3, -0.25) is 9.59 Å². The van der Waals surface area contributed by atoms with Gasteiger partial charge in [-0.1, -0.05) is 0 Å². The highest BCUT2D eigenvalue weighted by Gasteiger charge is 2.19. The molecular weight excluding hydrogens is 376 g/mol. The van der Waals surface area contributed by atoms with E-state index in [0.717, 1.165) is 0 Å². The zero-order chi connectivity index (χ0) is 21.4. The lowest BCUT2D eigenvalue weighted by Crippen LogP contribution is -2.31. The minimum absolute atomic E-state index is 0.128. The number of Topliss-reactive ketones (excluding diaryl/α,β-unsaturated/α-hetero) is 1. The third-order valence-corrected chi connectivity index (χ3v) is 3.87. The number of rotatable bonds is 8. The summed E-state index contributed by atoms with van der Waals surface area (Å²) in [6.45, 7) is 2.42. The van der Waals surface area contributed by atoms with Crippen molar-refractivity contribution in [1.82, 2.24) is 0 Å². The number of hydrogen-bond donors (Lipinski definition) is 1. The third-order valence-electron chi connectivity index (χ3n) is 3.87. The summed E-state index contributed by atoms with van der Waals surface area (Å²) < 4.78 is 15.6. The second-order valence-corrected chi connectivity index (χ2v) is 6.02. The standard InChI is InChI=1S/C21H20N2O6/c1-13(24)16-6-9-18(19(10-16)27-3)28-12-20(25)29-14(2)21(26)23-17-7-4-15(11-22)5-8-17/h4-10,14H,12H2,1-3H3,(H,23,26)/t14-/m0/s1. The number of amides is 1. The zero-order valence-electron chi connectivity index (χ0n) is 16.2. The zero-order valence-corrected chi connectivity index (χ0v) is 16.2. The normalized spacial score (nSPS) is 11.0. The summed E-state index contributed by atoms with van der Waals surface area (Å²) in [5, 5.41) is 11.4. The molecule has 0 saturated carbocycles. The maximum atomic E-state index is 12.1. The molecule has 1 amide bonds. The van der Waals surface area contributed by atoms with Crippen molar-refractivity contribution in [3.63, 3.8) is 0 Å². The van der Waals surface area contributed by atoms with Gasteiger partial charge in [0.25, 0.3) is 5.91 Å². The molecule has 0 aromatic heterocycles. The van der Waals surface area contributed by atoms with E-state index in [1.54, 1.807) is 30.3 Å². The fraction of sp³-hybridized carbons (Fsp3) is 0.238. The van der Waals surface area contributed by atoms with Crippen LogP contribution in [0, 0.1) is 11.3 Å². The number of nitrogens with one attached hydrogen (secondary N) is 1. The van der Waals surface area contributed by atoms with E-state index in [4.69, 9.17) is 19.5 Å². The number of ether oxygens (including phenoxy) is 3. The number of methoxy groups -OCH3 is 1. The molecule has 0 unspecified atom stereocenters. The van der Waals surface area contributed by atoms with E-state index < -0.39 is 24.6 Å². The van der Waals surface area contributed by atoms with Crippen LogP contribution in [0.4, 0.5) is 5.69 Å². The quantitative estimate of drug-likeness (QED) is 0.539. The van der Waals surface area contributed by atoms with Crippen molar-refractivity contribution in [2.24, 2.45) is 0 Å². The number of hydrogen-bond acceptors (Lipinski definition) is 7. The third kappa shape index (κ3) is 6.07. The number of nitriles is 1. The van der Waals surface area contributed by atoms with Crippen LogP contribution in [0.1, 0.15) is 29.8 Å². The Morgan fingerprint density at radius 3 is 2.38 bits per heavy atom. The van der Waals surface area contributed by atoms with Crippen molar-refractivity contribution in [3.8, 4) is 17.6 Å². The van der Waals surface area contributed by atoms with Crippen molar-refractivity contribution in [2.75, 3.05) is 19.0 Å². The summed E-state index contributed by atoms with van der Waals surface area (Å²) >= 11 is 0. The summed E-state index contributed by atoms with van der Waals surface area (Å²) in [5.41, 5.74) is 1.39. The second-order valence-electron chi connectivity index (χ2n) is 6.02. The van der Waals surface area contributed by atoms with E-state index in [1.165, 1.54) is 33.1 Å². The van der Waals surface area contributed by atoms with Gasteiger partial charge in [-0.15, -0.1) is 0 Å². The van der Waals surface area contributed by atoms with Gasteiger partial charge in [0.15, 0.2) is 30.0 Å². The molecule has 0 fully saturated rings. The van der Waals surface area contributed by atoms with Crippen molar-refractivity contribution < 1.29 is 28.6 Å². The first-order chi connectivity index (χ1) is 13.8. The van der Waals surface area contributed by atoms with E-state index in [0.29, 0.717) is 22.6 Å². The van der Waals surface area contributed by atoms with Crippen molar-refractivity contribution in [3.05, 3.63) is 53.6 Å². The molecule has 2 rings (SSSR count). The first-order valence-electron chi connectivity index (χ1n) is 8.66. The molecule has 8 heteroatoms. The molecule has 150 valence electrons. The molecule has 0 aliphatic carbocycles. The van der Waals surface area contributed by atoms with Gasteiger partial charge in [0.1, 0.15) is 0 Å². The summed E-state index contributed by atoms with van der Waals surface area (Å²) in [6.07, 6.45) is -1.05. The van der Waals surface area contributed by atoms with Crippen molar-refractivity contribution in [2.45, 2.75) is 20.0 Å². The molecule has 0 aliphatic rings. The molecule has 29 heavy (non-hydrogen) atoms. The highest BCUT2D eigenvalue weighted by Crippen LogP contribution is 2.28. The average molecular weight is 396 g/mol. The van der Waals surface area contributed by atoms with Gasteiger partial charge < -0.3 is 19.5 Å². The molecule has 1 atom stereocenters.